The Morgan fingerprint density at radius 1 is 1.08 bits per heavy atom. The Kier molecular flexibility index (Phi) is 7.39. The molecule has 1 N–H and O–H groups in total. The number of benzene rings is 2. The van der Waals surface area contributed by atoms with Crippen molar-refractivity contribution in [3.8, 4) is 6.07 Å². The fourth-order valence-electron chi connectivity index (χ4n) is 4.65. The van der Waals surface area contributed by atoms with Crippen LogP contribution in [0.2, 0.25) is 0 Å². The van der Waals surface area contributed by atoms with Crippen molar-refractivity contribution >= 4 is 33.4 Å². The van der Waals surface area contributed by atoms with Gasteiger partial charge in [-0.15, -0.1) is 11.3 Å². The molecule has 5 rings (SSSR count). The molecule has 7 nitrogen and oxygen atoms in total. The van der Waals surface area contributed by atoms with Crippen molar-refractivity contribution in [1.82, 2.24) is 14.9 Å². The van der Waals surface area contributed by atoms with E-state index in [2.05, 4.69) is 16.3 Å². The highest BCUT2D eigenvalue weighted by Gasteiger charge is 2.30. The van der Waals surface area contributed by atoms with Gasteiger partial charge >= 0.3 is 6.18 Å². The Labute approximate surface area is 226 Å². The number of anilines is 1. The van der Waals surface area contributed by atoms with E-state index in [0.29, 0.717) is 32.9 Å². The van der Waals surface area contributed by atoms with E-state index in [4.69, 9.17) is 4.98 Å². The van der Waals surface area contributed by atoms with Crippen molar-refractivity contribution in [2.75, 3.05) is 18.0 Å². The molecule has 0 bridgehead atoms. The summed E-state index contributed by atoms with van der Waals surface area (Å²) < 4.78 is 40.9. The third-order valence-corrected chi connectivity index (χ3v) is 7.76. The van der Waals surface area contributed by atoms with Crippen LogP contribution >= 0.6 is 11.3 Å². The molecule has 1 fully saturated rings. The Bertz CT molecular complexity index is 1630. The number of fused-ring (bicyclic) bond motifs is 1. The van der Waals surface area contributed by atoms with Crippen LogP contribution in [-0.2, 0) is 19.3 Å². The first-order valence-electron chi connectivity index (χ1n) is 12.5. The van der Waals surface area contributed by atoms with Gasteiger partial charge in [0, 0.05) is 19.6 Å². The number of halogens is 3. The van der Waals surface area contributed by atoms with Gasteiger partial charge in [-0.3, -0.25) is 14.2 Å². The number of carbonyl (C=O) groups excluding carboxylic acids is 1. The highest BCUT2D eigenvalue weighted by molar-refractivity contribution is 7.20. The summed E-state index contributed by atoms with van der Waals surface area (Å²) in [7, 11) is 0. The highest BCUT2D eigenvalue weighted by Crippen LogP contribution is 2.30. The number of aromatic nitrogens is 2. The molecule has 11 heteroatoms. The maximum Gasteiger partial charge on any atom is 0.416 e. The van der Waals surface area contributed by atoms with Gasteiger partial charge in [-0.2, -0.15) is 18.4 Å². The minimum Gasteiger partial charge on any atom is -0.347 e. The summed E-state index contributed by atoms with van der Waals surface area (Å²) in [5.41, 5.74) is 0.759. The van der Waals surface area contributed by atoms with E-state index in [9.17, 15) is 28.0 Å². The number of piperidine rings is 1. The molecule has 200 valence electrons. The molecule has 2 aromatic carbocycles. The zero-order chi connectivity index (χ0) is 27.6. The average molecular weight is 552 g/mol. The lowest BCUT2D eigenvalue weighted by Gasteiger charge is -2.29. The maximum atomic E-state index is 13.7. The smallest absolute Gasteiger partial charge is 0.347 e. The normalized spacial score (nSPS) is 13.8. The largest absolute Gasteiger partial charge is 0.416 e. The van der Waals surface area contributed by atoms with E-state index in [1.54, 1.807) is 28.8 Å². The van der Waals surface area contributed by atoms with Crippen molar-refractivity contribution in [3.05, 3.63) is 92.1 Å². The first-order chi connectivity index (χ1) is 18.7. The van der Waals surface area contributed by atoms with Gasteiger partial charge in [0.15, 0.2) is 0 Å². The number of hydrogen-bond donors (Lipinski definition) is 1. The molecule has 0 atom stereocenters. The van der Waals surface area contributed by atoms with E-state index in [1.165, 1.54) is 12.1 Å². The predicted octanol–water partition coefficient (Wildman–Crippen LogP) is 5.32. The van der Waals surface area contributed by atoms with Crippen molar-refractivity contribution in [2.45, 2.75) is 38.5 Å². The standard InChI is InChI=1S/C28H24F3N5O2S/c29-28(30,31)21-10-6-7-18(13-21)16-33-25(37)23-14-22-24(39-23)26(38)36(17-20-9-3-2-8-19(20)15-32)27(34-22)35-11-4-1-5-12-35/h2-3,6-10,13-14H,1,4-5,11-12,16-17H2,(H,33,37). The first-order valence-corrected chi connectivity index (χ1v) is 13.3. The molecule has 0 radical (unpaired) electrons. The molecule has 1 aliphatic rings. The van der Waals surface area contributed by atoms with Crippen molar-refractivity contribution in [1.29, 1.82) is 5.26 Å². The molecule has 2 aromatic heterocycles. The number of rotatable bonds is 6. The zero-order valence-corrected chi connectivity index (χ0v) is 21.6. The number of alkyl halides is 3. The lowest BCUT2D eigenvalue weighted by Crippen LogP contribution is -2.36. The zero-order valence-electron chi connectivity index (χ0n) is 20.8. The molecule has 0 unspecified atom stereocenters. The number of nitrogens with one attached hydrogen (secondary N) is 1. The van der Waals surface area contributed by atoms with Crippen LogP contribution in [0.25, 0.3) is 10.2 Å². The molecule has 4 aromatic rings. The Morgan fingerprint density at radius 3 is 2.59 bits per heavy atom. The van der Waals surface area contributed by atoms with E-state index in [1.807, 2.05) is 6.07 Å². The first kappa shape index (κ1) is 26.4. The lowest BCUT2D eigenvalue weighted by molar-refractivity contribution is -0.137. The summed E-state index contributed by atoms with van der Waals surface area (Å²) in [5.74, 6) is -0.00984. The van der Waals surface area contributed by atoms with Gasteiger partial charge < -0.3 is 10.2 Å². The van der Waals surface area contributed by atoms with Gasteiger partial charge in [-0.1, -0.05) is 30.3 Å². The second-order valence-corrected chi connectivity index (χ2v) is 10.4. The topological polar surface area (TPSA) is 91.0 Å². The maximum absolute atomic E-state index is 13.7. The molecular weight excluding hydrogens is 527 g/mol. The van der Waals surface area contributed by atoms with E-state index in [0.717, 1.165) is 55.8 Å². The third-order valence-electron chi connectivity index (χ3n) is 6.65. The van der Waals surface area contributed by atoms with Crippen molar-refractivity contribution in [3.63, 3.8) is 0 Å². The second-order valence-electron chi connectivity index (χ2n) is 9.33. The SMILES string of the molecule is N#Cc1ccccc1Cn1c(N2CCCCC2)nc2cc(C(=O)NCc3cccc(C(F)(F)F)c3)sc2c1=O. The Morgan fingerprint density at radius 2 is 1.85 bits per heavy atom. The number of amides is 1. The minimum atomic E-state index is -4.48. The van der Waals surface area contributed by atoms with Gasteiger partial charge in [0.2, 0.25) is 5.95 Å². The highest BCUT2D eigenvalue weighted by atomic mass is 32.1. The van der Waals surface area contributed by atoms with Crippen molar-refractivity contribution < 1.29 is 18.0 Å². The van der Waals surface area contributed by atoms with E-state index < -0.39 is 17.6 Å². The fourth-order valence-corrected chi connectivity index (χ4v) is 5.62. The summed E-state index contributed by atoms with van der Waals surface area (Å²) in [5, 5.41) is 12.2. The number of nitrogens with zero attached hydrogens (tertiary/aromatic N) is 4. The molecule has 0 saturated carbocycles. The van der Waals surface area contributed by atoms with Crippen LogP contribution in [0, 0.1) is 11.3 Å². The van der Waals surface area contributed by atoms with Crippen LogP contribution in [0.3, 0.4) is 0 Å². The molecule has 1 amide bonds. The van der Waals surface area contributed by atoms with Crippen LogP contribution in [0.4, 0.5) is 19.1 Å². The Balaban J connectivity index is 1.47. The molecule has 1 aliphatic heterocycles. The number of carbonyl (C=O) groups is 1. The Hall–Kier alpha value is -4.17. The number of thiophene rings is 1. The van der Waals surface area contributed by atoms with Crippen LogP contribution in [0.5, 0.6) is 0 Å². The van der Waals surface area contributed by atoms with Gasteiger partial charge in [0.05, 0.1) is 34.1 Å². The van der Waals surface area contributed by atoms with Gasteiger partial charge in [0.1, 0.15) is 4.70 Å². The van der Waals surface area contributed by atoms with Crippen LogP contribution in [0.1, 0.15) is 51.2 Å². The number of hydrogen-bond acceptors (Lipinski definition) is 6. The van der Waals surface area contributed by atoms with Crippen LogP contribution in [0.15, 0.2) is 59.4 Å². The van der Waals surface area contributed by atoms with Gasteiger partial charge in [-0.05, 0) is 54.7 Å². The summed E-state index contributed by atoms with van der Waals surface area (Å²) in [6.45, 7) is 1.55. The lowest BCUT2D eigenvalue weighted by atomic mass is 10.1. The van der Waals surface area contributed by atoms with Crippen molar-refractivity contribution in [2.24, 2.45) is 0 Å². The molecule has 0 spiro atoms. The average Bonchev–Trinajstić information content (AvgIpc) is 3.38. The van der Waals surface area contributed by atoms with Crippen LogP contribution in [-0.4, -0.2) is 28.5 Å². The molecular formula is C28H24F3N5O2S. The summed E-state index contributed by atoms with van der Waals surface area (Å²) >= 11 is 0.993. The molecule has 3 heterocycles. The van der Waals surface area contributed by atoms with E-state index in [-0.39, 0.29) is 23.5 Å². The summed E-state index contributed by atoms with van der Waals surface area (Å²) in [6.07, 6.45) is -1.45. The quantitative estimate of drug-likeness (QED) is 0.351. The monoisotopic (exact) mass is 551 g/mol. The second kappa shape index (κ2) is 10.9. The molecule has 39 heavy (non-hydrogen) atoms. The van der Waals surface area contributed by atoms with E-state index >= 15 is 0 Å². The molecule has 0 aliphatic carbocycles. The molecule has 1 saturated heterocycles. The third kappa shape index (κ3) is 5.66. The fraction of sp³-hybridized carbons (Fsp3) is 0.286. The minimum absolute atomic E-state index is 0.0986. The summed E-state index contributed by atoms with van der Waals surface area (Å²) in [6, 6.07) is 15.6. The predicted molar refractivity (Wildman–Crippen MR) is 143 cm³/mol. The summed E-state index contributed by atoms with van der Waals surface area (Å²) in [4.78, 5) is 33.7. The van der Waals surface area contributed by atoms with Crippen LogP contribution < -0.4 is 15.8 Å². The van der Waals surface area contributed by atoms with Gasteiger partial charge in [-0.25, -0.2) is 4.98 Å². The van der Waals surface area contributed by atoms with Gasteiger partial charge in [0.25, 0.3) is 11.5 Å². The number of nitriles is 1.